The number of nitrogens with one attached hydrogen (secondary N) is 2. The lowest BCUT2D eigenvalue weighted by Gasteiger charge is -2.28. The van der Waals surface area contributed by atoms with E-state index in [1.54, 1.807) is 24.3 Å². The van der Waals surface area contributed by atoms with E-state index < -0.39 is 15.9 Å². The SMILES string of the molecule is Cc1cc(S(=O)(=O)NC(C)C2CCNCC2)ccc1-c1sccc1C(N)=O. The van der Waals surface area contributed by atoms with Crippen molar-refractivity contribution < 1.29 is 13.2 Å². The minimum atomic E-state index is -3.60. The quantitative estimate of drug-likeness (QED) is 0.685. The smallest absolute Gasteiger partial charge is 0.250 e. The number of aryl methyl sites for hydroxylation is 1. The van der Waals surface area contributed by atoms with Gasteiger partial charge < -0.3 is 11.1 Å². The third-order valence-corrected chi connectivity index (χ3v) is 7.62. The third-order valence-electron chi connectivity index (χ3n) is 5.12. The second-order valence-corrected chi connectivity index (χ2v) is 9.63. The van der Waals surface area contributed by atoms with Crippen LogP contribution in [0.3, 0.4) is 0 Å². The van der Waals surface area contributed by atoms with Crippen LogP contribution in [-0.4, -0.2) is 33.5 Å². The Labute approximate surface area is 164 Å². The van der Waals surface area contributed by atoms with Crippen LogP contribution >= 0.6 is 11.3 Å². The molecule has 0 bridgehead atoms. The van der Waals surface area contributed by atoms with E-state index in [1.807, 2.05) is 19.2 Å². The molecule has 1 fully saturated rings. The predicted molar refractivity (Wildman–Crippen MR) is 108 cm³/mol. The number of rotatable bonds is 6. The second kappa shape index (κ2) is 8.10. The van der Waals surface area contributed by atoms with Gasteiger partial charge >= 0.3 is 0 Å². The minimum Gasteiger partial charge on any atom is -0.366 e. The minimum absolute atomic E-state index is 0.115. The maximum absolute atomic E-state index is 12.8. The molecule has 0 spiro atoms. The maximum Gasteiger partial charge on any atom is 0.250 e. The number of amides is 1. The first-order valence-corrected chi connectivity index (χ1v) is 11.4. The highest BCUT2D eigenvalue weighted by Crippen LogP contribution is 2.33. The van der Waals surface area contributed by atoms with Crippen LogP contribution in [0.1, 0.15) is 35.7 Å². The lowest BCUT2D eigenvalue weighted by molar-refractivity contribution is 0.100. The number of primary amides is 1. The molecule has 2 aromatic rings. The van der Waals surface area contributed by atoms with Gasteiger partial charge in [0.1, 0.15) is 0 Å². The summed E-state index contributed by atoms with van der Waals surface area (Å²) in [5, 5.41) is 5.10. The number of carbonyl (C=O) groups excluding carboxylic acids is 1. The van der Waals surface area contributed by atoms with E-state index in [0.717, 1.165) is 41.9 Å². The van der Waals surface area contributed by atoms with Crippen molar-refractivity contribution in [1.29, 1.82) is 0 Å². The lowest BCUT2D eigenvalue weighted by atomic mass is 9.92. The van der Waals surface area contributed by atoms with E-state index in [0.29, 0.717) is 11.5 Å². The van der Waals surface area contributed by atoms with Crippen LogP contribution in [0.15, 0.2) is 34.5 Å². The summed E-state index contributed by atoms with van der Waals surface area (Å²) in [7, 11) is -3.60. The van der Waals surface area contributed by atoms with Crippen molar-refractivity contribution in [2.24, 2.45) is 11.7 Å². The fourth-order valence-corrected chi connectivity index (χ4v) is 5.91. The van der Waals surface area contributed by atoms with Gasteiger partial charge in [-0.05, 0) is 80.4 Å². The summed E-state index contributed by atoms with van der Waals surface area (Å²) in [5.41, 5.74) is 7.50. The molecule has 27 heavy (non-hydrogen) atoms. The normalized spacial score (nSPS) is 17.0. The second-order valence-electron chi connectivity index (χ2n) is 7.00. The predicted octanol–water partition coefficient (Wildman–Crippen LogP) is 2.49. The summed E-state index contributed by atoms with van der Waals surface area (Å²) < 4.78 is 28.5. The molecular formula is C19H25N3O3S2. The van der Waals surface area contributed by atoms with Gasteiger partial charge in [-0.2, -0.15) is 0 Å². The first-order chi connectivity index (χ1) is 12.8. The molecule has 146 valence electrons. The number of carbonyl (C=O) groups is 1. The molecule has 8 heteroatoms. The molecule has 1 amide bonds. The Kier molecular flexibility index (Phi) is 6.00. The van der Waals surface area contributed by atoms with Crippen LogP contribution in [0.2, 0.25) is 0 Å². The summed E-state index contributed by atoms with van der Waals surface area (Å²) in [6.07, 6.45) is 1.94. The van der Waals surface area contributed by atoms with E-state index in [-0.39, 0.29) is 10.9 Å². The summed E-state index contributed by atoms with van der Waals surface area (Å²) in [4.78, 5) is 12.6. The van der Waals surface area contributed by atoms with E-state index in [9.17, 15) is 13.2 Å². The molecule has 0 saturated carbocycles. The molecule has 1 atom stereocenters. The van der Waals surface area contributed by atoms with Crippen LogP contribution in [0, 0.1) is 12.8 Å². The first kappa shape index (κ1) is 20.0. The summed E-state index contributed by atoms with van der Waals surface area (Å²) >= 11 is 1.42. The van der Waals surface area contributed by atoms with Crippen LogP contribution in [0.25, 0.3) is 10.4 Å². The van der Waals surface area contributed by atoms with Gasteiger partial charge in [-0.15, -0.1) is 11.3 Å². The number of piperidine rings is 1. The van der Waals surface area contributed by atoms with Crippen molar-refractivity contribution in [3.8, 4) is 10.4 Å². The average Bonchev–Trinajstić information content (AvgIpc) is 3.11. The van der Waals surface area contributed by atoms with Gasteiger partial charge in [0.2, 0.25) is 15.9 Å². The fourth-order valence-electron chi connectivity index (χ4n) is 3.52. The van der Waals surface area contributed by atoms with Gasteiger partial charge in [0.05, 0.1) is 10.5 Å². The molecule has 2 heterocycles. The van der Waals surface area contributed by atoms with Crippen molar-refractivity contribution in [1.82, 2.24) is 10.0 Å². The first-order valence-electron chi connectivity index (χ1n) is 9.01. The Morgan fingerprint density at radius 1 is 1.30 bits per heavy atom. The highest BCUT2D eigenvalue weighted by atomic mass is 32.2. The largest absolute Gasteiger partial charge is 0.366 e. The average molecular weight is 408 g/mol. The van der Waals surface area contributed by atoms with Crippen LogP contribution in [0.4, 0.5) is 0 Å². The zero-order valence-electron chi connectivity index (χ0n) is 15.5. The highest BCUT2D eigenvalue weighted by Gasteiger charge is 2.25. The third kappa shape index (κ3) is 4.40. The molecule has 1 aliphatic heterocycles. The van der Waals surface area contributed by atoms with E-state index in [2.05, 4.69) is 10.0 Å². The van der Waals surface area contributed by atoms with Crippen LogP contribution in [0.5, 0.6) is 0 Å². The molecule has 6 nitrogen and oxygen atoms in total. The molecule has 4 N–H and O–H groups in total. The summed E-state index contributed by atoms with van der Waals surface area (Å²) in [5.74, 6) is -0.148. The van der Waals surface area contributed by atoms with Gasteiger partial charge in [0, 0.05) is 10.9 Å². The van der Waals surface area contributed by atoms with Crippen LogP contribution < -0.4 is 15.8 Å². The number of nitrogens with two attached hydrogens (primary N) is 1. The lowest BCUT2D eigenvalue weighted by Crippen LogP contribution is -2.42. The van der Waals surface area contributed by atoms with Crippen molar-refractivity contribution in [2.75, 3.05) is 13.1 Å². The molecule has 1 aromatic carbocycles. The Bertz CT molecular complexity index is 931. The Hall–Kier alpha value is -1.74. The van der Waals surface area contributed by atoms with Gasteiger partial charge in [-0.1, -0.05) is 6.07 Å². The van der Waals surface area contributed by atoms with Gasteiger partial charge in [0.25, 0.3) is 0 Å². The number of thiophene rings is 1. The van der Waals surface area contributed by atoms with Gasteiger partial charge in [-0.25, -0.2) is 13.1 Å². The Morgan fingerprint density at radius 3 is 2.63 bits per heavy atom. The molecule has 1 saturated heterocycles. The molecule has 3 rings (SSSR count). The zero-order valence-corrected chi connectivity index (χ0v) is 17.1. The fraction of sp³-hybridized carbons (Fsp3) is 0.421. The number of hydrogen-bond acceptors (Lipinski definition) is 5. The molecule has 0 radical (unpaired) electrons. The van der Waals surface area contributed by atoms with Crippen LogP contribution in [-0.2, 0) is 10.0 Å². The van der Waals surface area contributed by atoms with Crippen molar-refractivity contribution in [2.45, 2.75) is 37.6 Å². The summed E-state index contributed by atoms with van der Waals surface area (Å²) in [6.45, 7) is 5.62. The molecule has 1 aliphatic rings. The topological polar surface area (TPSA) is 101 Å². The van der Waals surface area contributed by atoms with E-state index in [1.165, 1.54) is 11.3 Å². The van der Waals surface area contributed by atoms with Crippen molar-refractivity contribution >= 4 is 27.3 Å². The van der Waals surface area contributed by atoms with Gasteiger partial charge in [0.15, 0.2) is 0 Å². The molecular weight excluding hydrogens is 382 g/mol. The highest BCUT2D eigenvalue weighted by molar-refractivity contribution is 7.89. The van der Waals surface area contributed by atoms with Gasteiger partial charge in [-0.3, -0.25) is 4.79 Å². The maximum atomic E-state index is 12.8. The molecule has 1 unspecified atom stereocenters. The monoisotopic (exact) mass is 407 g/mol. The van der Waals surface area contributed by atoms with Crippen molar-refractivity contribution in [3.63, 3.8) is 0 Å². The Morgan fingerprint density at radius 2 is 2.00 bits per heavy atom. The summed E-state index contributed by atoms with van der Waals surface area (Å²) in [6, 6.07) is 6.56. The number of benzene rings is 1. The molecule has 1 aromatic heterocycles. The van der Waals surface area contributed by atoms with E-state index in [4.69, 9.17) is 5.73 Å². The Balaban J connectivity index is 1.83. The zero-order chi connectivity index (χ0) is 19.6. The standard InChI is InChI=1S/C19H25N3O3S2/c1-12-11-15(3-4-16(12)18-17(19(20)23)7-10-26-18)27(24,25)22-13(2)14-5-8-21-9-6-14/h3-4,7,10-11,13-14,21-22H,5-6,8-9H2,1-2H3,(H2,20,23). The van der Waals surface area contributed by atoms with E-state index >= 15 is 0 Å². The van der Waals surface area contributed by atoms with Crippen molar-refractivity contribution in [3.05, 3.63) is 40.8 Å². The number of sulfonamides is 1. The number of hydrogen-bond donors (Lipinski definition) is 3. The molecule has 0 aliphatic carbocycles.